The summed E-state index contributed by atoms with van der Waals surface area (Å²) in [5.74, 6) is -1.55. The van der Waals surface area contributed by atoms with Gasteiger partial charge in [0.25, 0.3) is 0 Å². The zero-order valence-corrected chi connectivity index (χ0v) is 12.3. The fourth-order valence-electron chi connectivity index (χ4n) is 2.46. The first-order chi connectivity index (χ1) is 9.29. The van der Waals surface area contributed by atoms with Crippen molar-refractivity contribution in [3.63, 3.8) is 0 Å². The van der Waals surface area contributed by atoms with Gasteiger partial charge < -0.3 is 20.1 Å². The summed E-state index contributed by atoms with van der Waals surface area (Å²) in [6.07, 6.45) is 0.382. The number of aliphatic carboxylic acids is 1. The van der Waals surface area contributed by atoms with Crippen LogP contribution in [-0.2, 0) is 14.3 Å². The number of amides is 2. The first-order valence-corrected chi connectivity index (χ1v) is 6.69. The average molecular weight is 286 g/mol. The lowest BCUT2D eigenvalue weighted by atomic mass is 10.0. The zero-order valence-electron chi connectivity index (χ0n) is 12.3. The predicted molar refractivity (Wildman–Crippen MR) is 71.1 cm³/mol. The molecule has 1 rings (SSSR count). The molecular formula is C13H22N2O5. The van der Waals surface area contributed by atoms with Crippen LogP contribution in [0.15, 0.2) is 0 Å². The Labute approximate surface area is 118 Å². The first-order valence-electron chi connectivity index (χ1n) is 6.69. The lowest BCUT2D eigenvalue weighted by molar-refractivity contribution is -0.150. The van der Waals surface area contributed by atoms with Crippen LogP contribution >= 0.6 is 0 Å². The average Bonchev–Trinajstić information content (AvgIpc) is 2.76. The van der Waals surface area contributed by atoms with Gasteiger partial charge in [-0.3, -0.25) is 4.79 Å². The molecule has 0 radical (unpaired) electrons. The van der Waals surface area contributed by atoms with Gasteiger partial charge in [0.05, 0.1) is 7.11 Å². The monoisotopic (exact) mass is 286 g/mol. The van der Waals surface area contributed by atoms with Gasteiger partial charge in [-0.1, -0.05) is 13.8 Å². The highest BCUT2D eigenvalue weighted by atomic mass is 16.5. The highest BCUT2D eigenvalue weighted by Gasteiger charge is 2.42. The maximum absolute atomic E-state index is 12.6. The van der Waals surface area contributed by atoms with E-state index in [1.54, 1.807) is 13.8 Å². The van der Waals surface area contributed by atoms with Gasteiger partial charge in [-0.25, -0.2) is 9.59 Å². The van der Waals surface area contributed by atoms with Gasteiger partial charge in [-0.2, -0.15) is 0 Å². The van der Waals surface area contributed by atoms with Crippen molar-refractivity contribution in [2.75, 3.05) is 7.11 Å². The van der Waals surface area contributed by atoms with Gasteiger partial charge in [0.2, 0.25) is 5.91 Å². The van der Waals surface area contributed by atoms with E-state index >= 15 is 0 Å². The number of hydrogen-bond donors (Lipinski definition) is 2. The summed E-state index contributed by atoms with van der Waals surface area (Å²) in [7, 11) is 1.22. The number of methoxy groups -OCH3 is 1. The van der Waals surface area contributed by atoms with Crippen LogP contribution < -0.4 is 5.32 Å². The molecule has 0 spiro atoms. The molecule has 0 saturated carbocycles. The smallest absolute Gasteiger partial charge is 0.407 e. The molecule has 0 aromatic rings. The highest BCUT2D eigenvalue weighted by molar-refractivity contribution is 5.90. The van der Waals surface area contributed by atoms with Gasteiger partial charge in [0.15, 0.2) is 0 Å². The molecule has 1 fully saturated rings. The Balaban J connectivity index is 2.92. The number of carbonyl (C=O) groups is 3. The summed E-state index contributed by atoms with van der Waals surface area (Å²) in [4.78, 5) is 36.5. The number of carboxylic acids is 1. The Morgan fingerprint density at radius 3 is 2.35 bits per heavy atom. The SMILES string of the molecule is COC(=O)N[C@@H](C(=O)N1[C@H](C)CC[C@H]1C(=O)O)C(C)C. The molecule has 0 aromatic carbocycles. The topological polar surface area (TPSA) is 95.9 Å². The summed E-state index contributed by atoms with van der Waals surface area (Å²) in [5, 5.41) is 11.7. The van der Waals surface area contributed by atoms with E-state index in [2.05, 4.69) is 10.1 Å². The lowest BCUT2D eigenvalue weighted by Gasteiger charge is -2.31. The molecule has 7 heteroatoms. The largest absolute Gasteiger partial charge is 0.480 e. The van der Waals surface area contributed by atoms with Gasteiger partial charge in [-0.05, 0) is 25.7 Å². The standard InChI is InChI=1S/C13H22N2O5/c1-7(2)10(14-13(19)20-4)11(16)15-8(3)5-6-9(15)12(17)18/h7-10H,5-6H2,1-4H3,(H,14,19)(H,17,18)/t8-,9+,10-/m1/s1. The van der Waals surface area contributed by atoms with Gasteiger partial charge >= 0.3 is 12.1 Å². The number of nitrogens with one attached hydrogen (secondary N) is 1. The second-order valence-corrected chi connectivity index (χ2v) is 5.38. The molecule has 0 aromatic heterocycles. The van der Waals surface area contributed by atoms with Crippen LogP contribution in [0.5, 0.6) is 0 Å². The quantitative estimate of drug-likeness (QED) is 0.798. The van der Waals surface area contributed by atoms with Crippen molar-refractivity contribution in [1.29, 1.82) is 0 Å². The lowest BCUT2D eigenvalue weighted by Crippen LogP contribution is -2.55. The van der Waals surface area contributed by atoms with E-state index in [0.717, 1.165) is 0 Å². The summed E-state index contributed by atoms with van der Waals surface area (Å²) >= 11 is 0. The molecule has 0 bridgehead atoms. The maximum Gasteiger partial charge on any atom is 0.407 e. The third kappa shape index (κ3) is 3.40. The van der Waals surface area contributed by atoms with Crippen molar-refractivity contribution in [2.45, 2.75) is 51.7 Å². The van der Waals surface area contributed by atoms with Crippen LogP contribution in [0.3, 0.4) is 0 Å². The molecule has 114 valence electrons. The van der Waals surface area contributed by atoms with Gasteiger partial charge in [0, 0.05) is 6.04 Å². The van der Waals surface area contributed by atoms with Crippen LogP contribution in [-0.4, -0.2) is 53.2 Å². The number of nitrogens with zero attached hydrogens (tertiary/aromatic N) is 1. The molecular weight excluding hydrogens is 264 g/mol. The molecule has 2 amide bonds. The van der Waals surface area contributed by atoms with E-state index in [4.69, 9.17) is 0 Å². The number of rotatable bonds is 4. The van der Waals surface area contributed by atoms with Gasteiger partial charge in [0.1, 0.15) is 12.1 Å². The van der Waals surface area contributed by atoms with E-state index in [0.29, 0.717) is 12.8 Å². The van der Waals surface area contributed by atoms with Crippen molar-refractivity contribution in [3.8, 4) is 0 Å². The zero-order chi connectivity index (χ0) is 15.4. The number of carbonyl (C=O) groups excluding carboxylic acids is 2. The molecule has 1 aliphatic rings. The predicted octanol–water partition coefficient (Wildman–Crippen LogP) is 0.831. The number of ether oxygens (including phenoxy) is 1. The third-order valence-electron chi connectivity index (χ3n) is 3.60. The van der Waals surface area contributed by atoms with E-state index in [1.807, 2.05) is 6.92 Å². The summed E-state index contributed by atoms with van der Waals surface area (Å²) < 4.78 is 4.51. The van der Waals surface area contributed by atoms with Crippen LogP contribution in [0, 0.1) is 5.92 Å². The molecule has 3 atom stereocenters. The molecule has 2 N–H and O–H groups in total. The maximum atomic E-state index is 12.6. The minimum Gasteiger partial charge on any atom is -0.480 e. The van der Waals surface area contributed by atoms with E-state index in [-0.39, 0.29) is 17.9 Å². The molecule has 0 unspecified atom stereocenters. The summed E-state index contributed by atoms with van der Waals surface area (Å²) in [6, 6.07) is -1.76. The van der Waals surface area contributed by atoms with Crippen LogP contribution in [0.4, 0.5) is 4.79 Å². The molecule has 1 saturated heterocycles. The van der Waals surface area contributed by atoms with E-state index in [1.165, 1.54) is 12.0 Å². The number of carboxylic acid groups (broad SMARTS) is 1. The number of alkyl carbamates (subject to hydrolysis) is 1. The third-order valence-corrected chi connectivity index (χ3v) is 3.60. The van der Waals surface area contributed by atoms with Crippen LogP contribution in [0.1, 0.15) is 33.6 Å². The molecule has 1 heterocycles. The first kappa shape index (κ1) is 16.3. The molecule has 7 nitrogen and oxygen atoms in total. The highest BCUT2D eigenvalue weighted by Crippen LogP contribution is 2.26. The summed E-state index contributed by atoms with van der Waals surface area (Å²) in [6.45, 7) is 5.39. The second kappa shape index (κ2) is 6.58. The fraction of sp³-hybridized carbons (Fsp3) is 0.769. The van der Waals surface area contributed by atoms with Crippen LogP contribution in [0.25, 0.3) is 0 Å². The molecule has 20 heavy (non-hydrogen) atoms. The normalized spacial score (nSPS) is 23.6. The Kier molecular flexibility index (Phi) is 5.35. The molecule has 1 aliphatic heterocycles. The van der Waals surface area contributed by atoms with Crippen molar-refractivity contribution >= 4 is 18.0 Å². The van der Waals surface area contributed by atoms with E-state index < -0.39 is 24.1 Å². The van der Waals surface area contributed by atoms with Crippen LogP contribution in [0.2, 0.25) is 0 Å². The van der Waals surface area contributed by atoms with Crippen molar-refractivity contribution in [3.05, 3.63) is 0 Å². The van der Waals surface area contributed by atoms with Crippen molar-refractivity contribution < 1.29 is 24.2 Å². The Hall–Kier alpha value is -1.79. The van der Waals surface area contributed by atoms with Crippen molar-refractivity contribution in [1.82, 2.24) is 10.2 Å². The number of likely N-dealkylation sites (tertiary alicyclic amines) is 1. The molecule has 0 aliphatic carbocycles. The fourth-order valence-corrected chi connectivity index (χ4v) is 2.46. The summed E-state index contributed by atoms with van der Waals surface area (Å²) in [5.41, 5.74) is 0. The van der Waals surface area contributed by atoms with Crippen molar-refractivity contribution in [2.24, 2.45) is 5.92 Å². The minimum atomic E-state index is -1.01. The van der Waals surface area contributed by atoms with E-state index in [9.17, 15) is 19.5 Å². The minimum absolute atomic E-state index is 0.149. The van der Waals surface area contributed by atoms with Gasteiger partial charge in [-0.15, -0.1) is 0 Å². The number of hydrogen-bond acceptors (Lipinski definition) is 4. The Morgan fingerprint density at radius 2 is 1.90 bits per heavy atom. The second-order valence-electron chi connectivity index (χ2n) is 5.38. The Morgan fingerprint density at radius 1 is 1.30 bits per heavy atom. The Bertz CT molecular complexity index is 396.